The fourth-order valence-corrected chi connectivity index (χ4v) is 2.80. The van der Waals surface area contributed by atoms with Crippen LogP contribution in [0.3, 0.4) is 0 Å². The van der Waals surface area contributed by atoms with Crippen molar-refractivity contribution in [2.75, 3.05) is 19.6 Å². The number of aryl methyl sites for hydroxylation is 1. The number of benzene rings is 1. The Morgan fingerprint density at radius 1 is 1.24 bits per heavy atom. The van der Waals surface area contributed by atoms with Gasteiger partial charge in [-0.1, -0.05) is 38.6 Å². The molecule has 1 unspecified atom stereocenters. The maximum absolute atomic E-state index is 12.1. The number of ketones is 1. The number of amides is 1. The number of nitrogens with one attached hydrogen (secondary N) is 3. The molecule has 156 valence electrons. The summed E-state index contributed by atoms with van der Waals surface area (Å²) in [4.78, 5) is 23.6. The molecule has 2 rings (SSSR count). The Bertz CT molecular complexity index is 843. The normalized spacial score (nSPS) is 11.7. The second-order valence-corrected chi connectivity index (χ2v) is 7.18. The van der Waals surface area contributed by atoms with Crippen molar-refractivity contribution in [2.45, 2.75) is 32.7 Å². The van der Waals surface area contributed by atoms with Gasteiger partial charge in [-0.15, -0.1) is 0 Å². The van der Waals surface area contributed by atoms with E-state index in [2.05, 4.69) is 34.6 Å². The van der Waals surface area contributed by atoms with Gasteiger partial charge in [-0.2, -0.15) is 5.10 Å². The van der Waals surface area contributed by atoms with Gasteiger partial charge in [0.05, 0.1) is 19.3 Å². The van der Waals surface area contributed by atoms with E-state index >= 15 is 0 Å². The van der Waals surface area contributed by atoms with Crippen LogP contribution in [-0.4, -0.2) is 41.1 Å². The predicted molar refractivity (Wildman–Crippen MR) is 115 cm³/mol. The first-order chi connectivity index (χ1) is 13.9. The van der Waals surface area contributed by atoms with Crippen LogP contribution < -0.4 is 16.0 Å². The number of carbonyl (C=O) groups excluding carboxylic acids is 2. The van der Waals surface area contributed by atoms with Crippen molar-refractivity contribution in [1.29, 1.82) is 0 Å². The van der Waals surface area contributed by atoms with Crippen LogP contribution in [0.1, 0.15) is 42.9 Å². The molecular formula is C22H31N5O2. The Hall–Kier alpha value is -2.93. The van der Waals surface area contributed by atoms with Gasteiger partial charge in [0.2, 0.25) is 5.91 Å². The van der Waals surface area contributed by atoms with Crippen LogP contribution in [0, 0.1) is 0 Å². The summed E-state index contributed by atoms with van der Waals surface area (Å²) >= 11 is 0. The minimum atomic E-state index is -0.0407. The van der Waals surface area contributed by atoms with E-state index in [4.69, 9.17) is 0 Å². The molecule has 0 aliphatic carbocycles. The Kier molecular flexibility index (Phi) is 8.61. The summed E-state index contributed by atoms with van der Waals surface area (Å²) in [6.07, 6.45) is 4.20. The minimum absolute atomic E-state index is 0.0407. The van der Waals surface area contributed by atoms with Crippen molar-refractivity contribution >= 4 is 17.4 Å². The van der Waals surface area contributed by atoms with Crippen molar-refractivity contribution < 1.29 is 9.59 Å². The number of rotatable bonds is 12. The molecule has 0 saturated carbocycles. The smallest absolute Gasteiger partial charge is 0.233 e. The molecule has 0 saturated heterocycles. The first-order valence-electron chi connectivity index (χ1n) is 9.88. The highest BCUT2D eigenvalue weighted by Crippen LogP contribution is 2.19. The zero-order valence-corrected chi connectivity index (χ0v) is 17.5. The van der Waals surface area contributed by atoms with E-state index < -0.39 is 0 Å². The molecule has 7 heteroatoms. The topological polar surface area (TPSA) is 88.1 Å². The molecule has 29 heavy (non-hydrogen) atoms. The predicted octanol–water partition coefficient (Wildman–Crippen LogP) is 1.97. The lowest BCUT2D eigenvalue weighted by Crippen LogP contribution is -2.35. The first kappa shape index (κ1) is 22.4. The summed E-state index contributed by atoms with van der Waals surface area (Å²) in [5.74, 6) is 0.263. The van der Waals surface area contributed by atoms with Crippen LogP contribution in [0.25, 0.3) is 5.70 Å². The van der Waals surface area contributed by atoms with Gasteiger partial charge in [-0.05, 0) is 23.1 Å². The molecule has 1 heterocycles. The lowest BCUT2D eigenvalue weighted by Gasteiger charge is -2.16. The van der Waals surface area contributed by atoms with E-state index in [9.17, 15) is 9.59 Å². The lowest BCUT2D eigenvalue weighted by molar-refractivity contribution is -0.120. The fourth-order valence-electron chi connectivity index (χ4n) is 2.80. The Morgan fingerprint density at radius 3 is 2.72 bits per heavy atom. The van der Waals surface area contributed by atoms with E-state index in [-0.39, 0.29) is 30.7 Å². The average Bonchev–Trinajstić information content (AvgIpc) is 3.14. The van der Waals surface area contributed by atoms with E-state index in [1.54, 1.807) is 10.9 Å². The molecule has 0 aliphatic heterocycles. The van der Waals surface area contributed by atoms with Gasteiger partial charge in [0, 0.05) is 44.0 Å². The van der Waals surface area contributed by atoms with Gasteiger partial charge in [-0.25, -0.2) is 0 Å². The van der Waals surface area contributed by atoms with Crippen molar-refractivity contribution in [3.05, 3.63) is 59.9 Å². The third kappa shape index (κ3) is 7.54. The summed E-state index contributed by atoms with van der Waals surface area (Å²) < 4.78 is 1.73. The highest BCUT2D eigenvalue weighted by molar-refractivity contribution is 5.82. The molecular weight excluding hydrogens is 366 g/mol. The highest BCUT2D eigenvalue weighted by Gasteiger charge is 2.10. The first-order valence-corrected chi connectivity index (χ1v) is 9.88. The van der Waals surface area contributed by atoms with Gasteiger partial charge >= 0.3 is 0 Å². The van der Waals surface area contributed by atoms with Crippen LogP contribution in [0.2, 0.25) is 0 Å². The number of hydrogen-bond donors (Lipinski definition) is 3. The number of hydrogen-bond acceptors (Lipinski definition) is 5. The standard InChI is InChI=1S/C22H31N5O2/c1-5-21(28)13-24-17(3)20-8-6-7-19(9-20)16(2)10-25-22(29)14-23-11-18-12-26-27(4)15-18/h6-9,12,15-16,23-24H,3,5,10-11,13-14H2,1-2,4H3,(H,25,29). The van der Waals surface area contributed by atoms with E-state index in [0.29, 0.717) is 19.5 Å². The molecule has 0 radical (unpaired) electrons. The maximum atomic E-state index is 12.1. The SMILES string of the molecule is C=C(NCC(=O)CC)c1cccc(C(C)CNC(=O)CNCc2cnn(C)c2)c1. The highest BCUT2D eigenvalue weighted by atomic mass is 16.2. The quantitative estimate of drug-likeness (QED) is 0.510. The third-order valence-corrected chi connectivity index (χ3v) is 4.68. The summed E-state index contributed by atoms with van der Waals surface area (Å²) in [5.41, 5.74) is 3.82. The van der Waals surface area contributed by atoms with Gasteiger partial charge in [0.15, 0.2) is 5.78 Å². The summed E-state index contributed by atoms with van der Waals surface area (Å²) in [6, 6.07) is 8.00. The summed E-state index contributed by atoms with van der Waals surface area (Å²) in [7, 11) is 1.86. The van der Waals surface area contributed by atoms with Crippen molar-refractivity contribution in [1.82, 2.24) is 25.7 Å². The molecule has 7 nitrogen and oxygen atoms in total. The molecule has 1 aromatic heterocycles. The molecule has 2 aromatic rings. The summed E-state index contributed by atoms with van der Waals surface area (Å²) in [6.45, 7) is 9.63. The molecule has 0 bridgehead atoms. The Labute approximate surface area is 172 Å². The van der Waals surface area contributed by atoms with Crippen LogP contribution in [0.4, 0.5) is 0 Å². The third-order valence-electron chi connectivity index (χ3n) is 4.68. The van der Waals surface area contributed by atoms with Gasteiger partial charge < -0.3 is 16.0 Å². The van der Waals surface area contributed by atoms with Crippen molar-refractivity contribution in [3.8, 4) is 0 Å². The fraction of sp³-hybridized carbons (Fsp3) is 0.409. The van der Waals surface area contributed by atoms with E-state index in [1.807, 2.05) is 44.4 Å². The Balaban J connectivity index is 1.77. The maximum Gasteiger partial charge on any atom is 0.233 e. The average molecular weight is 398 g/mol. The molecule has 1 atom stereocenters. The van der Waals surface area contributed by atoms with E-state index in [0.717, 1.165) is 22.4 Å². The largest absolute Gasteiger partial charge is 0.378 e. The van der Waals surface area contributed by atoms with Crippen molar-refractivity contribution in [2.24, 2.45) is 7.05 Å². The second kappa shape index (κ2) is 11.2. The van der Waals surface area contributed by atoms with Crippen LogP contribution in [0.15, 0.2) is 43.2 Å². The monoisotopic (exact) mass is 397 g/mol. The summed E-state index contributed by atoms with van der Waals surface area (Å²) in [5, 5.41) is 13.3. The van der Waals surface area contributed by atoms with Crippen LogP contribution in [0.5, 0.6) is 0 Å². The minimum Gasteiger partial charge on any atom is -0.378 e. The number of aromatic nitrogens is 2. The van der Waals surface area contributed by atoms with Crippen LogP contribution in [-0.2, 0) is 23.2 Å². The number of carbonyl (C=O) groups is 2. The van der Waals surface area contributed by atoms with Crippen LogP contribution >= 0.6 is 0 Å². The number of nitrogens with zero attached hydrogens (tertiary/aromatic N) is 2. The zero-order chi connectivity index (χ0) is 21.2. The van der Waals surface area contributed by atoms with Gasteiger partial charge in [0.1, 0.15) is 0 Å². The molecule has 1 amide bonds. The Morgan fingerprint density at radius 2 is 2.03 bits per heavy atom. The molecule has 1 aromatic carbocycles. The molecule has 3 N–H and O–H groups in total. The number of Topliss-reactive ketones (excluding diaryl/α,β-unsaturated/α-hetero) is 1. The zero-order valence-electron chi connectivity index (χ0n) is 17.5. The molecule has 0 aliphatic rings. The van der Waals surface area contributed by atoms with Crippen molar-refractivity contribution in [3.63, 3.8) is 0 Å². The lowest BCUT2D eigenvalue weighted by atomic mass is 9.98. The second-order valence-electron chi connectivity index (χ2n) is 7.18. The van der Waals surface area contributed by atoms with Gasteiger partial charge in [0.25, 0.3) is 0 Å². The molecule has 0 spiro atoms. The molecule has 0 fully saturated rings. The van der Waals surface area contributed by atoms with Gasteiger partial charge in [-0.3, -0.25) is 14.3 Å². The van der Waals surface area contributed by atoms with E-state index in [1.165, 1.54) is 0 Å².